The molecule has 3 N–H and O–H groups in total. The van der Waals surface area contributed by atoms with E-state index in [1.807, 2.05) is 6.92 Å². The van der Waals surface area contributed by atoms with E-state index in [2.05, 4.69) is 15.2 Å². The number of nitrogens with two attached hydrogens (primary N) is 1. The average molecular weight is 309 g/mol. The number of hydrogen-bond acceptors (Lipinski definition) is 7. The molecule has 0 aliphatic heterocycles. The molecule has 112 valence electrons. The van der Waals surface area contributed by atoms with E-state index in [4.69, 9.17) is 10.5 Å². The van der Waals surface area contributed by atoms with Gasteiger partial charge < -0.3 is 10.5 Å². The van der Waals surface area contributed by atoms with Crippen LogP contribution >= 0.6 is 11.8 Å². The lowest BCUT2D eigenvalue weighted by Gasteiger charge is -2.08. The number of aromatic amines is 1. The summed E-state index contributed by atoms with van der Waals surface area (Å²) < 4.78 is 6.38. The van der Waals surface area contributed by atoms with Crippen molar-refractivity contribution in [3.05, 3.63) is 28.3 Å². The third-order valence-corrected chi connectivity index (χ3v) is 3.69. The lowest BCUT2D eigenvalue weighted by atomic mass is 10.2. The number of hydrogen-bond donors (Lipinski definition) is 2. The molecular formula is C12H15N5O3S. The molecule has 9 heteroatoms. The summed E-state index contributed by atoms with van der Waals surface area (Å²) in [6.07, 6.45) is 1.46. The van der Waals surface area contributed by atoms with Gasteiger partial charge in [0.1, 0.15) is 5.03 Å². The van der Waals surface area contributed by atoms with Crippen molar-refractivity contribution in [1.29, 1.82) is 0 Å². The molecule has 0 atom stereocenters. The van der Waals surface area contributed by atoms with Gasteiger partial charge in [0.15, 0.2) is 5.16 Å². The van der Waals surface area contributed by atoms with E-state index in [0.29, 0.717) is 16.7 Å². The molecule has 0 aromatic carbocycles. The maximum atomic E-state index is 11.8. The Hall–Kier alpha value is -2.29. The number of ether oxygens (including phenoxy) is 1. The Morgan fingerprint density at radius 3 is 2.95 bits per heavy atom. The minimum absolute atomic E-state index is 0.207. The van der Waals surface area contributed by atoms with E-state index in [1.54, 1.807) is 6.92 Å². The molecule has 0 unspecified atom stereocenters. The van der Waals surface area contributed by atoms with E-state index in [1.165, 1.54) is 16.8 Å². The second-order valence-corrected chi connectivity index (χ2v) is 4.91. The molecule has 2 rings (SSSR count). The van der Waals surface area contributed by atoms with Crippen LogP contribution in [-0.2, 0) is 11.3 Å². The summed E-state index contributed by atoms with van der Waals surface area (Å²) in [5, 5.41) is 7.10. The van der Waals surface area contributed by atoms with Crippen LogP contribution < -0.4 is 11.4 Å². The lowest BCUT2D eigenvalue weighted by Crippen LogP contribution is -2.16. The average Bonchev–Trinajstić information content (AvgIpc) is 2.81. The number of nitrogen functional groups attached to an aromatic ring is 1. The Balaban J connectivity index is 2.35. The maximum absolute atomic E-state index is 11.8. The van der Waals surface area contributed by atoms with Crippen LogP contribution in [-0.4, -0.2) is 32.3 Å². The highest BCUT2D eigenvalue weighted by Gasteiger charge is 2.17. The van der Waals surface area contributed by atoms with Crippen LogP contribution in [0, 0.1) is 0 Å². The first-order valence-electron chi connectivity index (χ1n) is 6.33. The van der Waals surface area contributed by atoms with Crippen LogP contribution in [0.25, 0.3) is 0 Å². The van der Waals surface area contributed by atoms with Gasteiger partial charge in [-0.05, 0) is 31.7 Å². The van der Waals surface area contributed by atoms with Crippen molar-refractivity contribution >= 4 is 23.4 Å². The highest BCUT2D eigenvalue weighted by Crippen LogP contribution is 2.30. The number of esters is 1. The molecule has 0 aliphatic carbocycles. The second-order valence-electron chi connectivity index (χ2n) is 3.96. The molecule has 21 heavy (non-hydrogen) atoms. The number of anilines is 1. The van der Waals surface area contributed by atoms with Gasteiger partial charge in [0.25, 0.3) is 0 Å². The molecule has 2 aromatic heterocycles. The minimum Gasteiger partial charge on any atom is -0.462 e. The summed E-state index contributed by atoms with van der Waals surface area (Å²) in [6, 6.07) is 1.49. The predicted octanol–water partition coefficient (Wildman–Crippen LogP) is 0.896. The van der Waals surface area contributed by atoms with Gasteiger partial charge in [-0.1, -0.05) is 0 Å². The van der Waals surface area contributed by atoms with Crippen molar-refractivity contribution in [1.82, 2.24) is 19.7 Å². The minimum atomic E-state index is -0.505. The number of carbonyl (C=O) groups is 1. The number of rotatable bonds is 5. The zero-order valence-corrected chi connectivity index (χ0v) is 12.4. The van der Waals surface area contributed by atoms with Crippen molar-refractivity contribution in [3.8, 4) is 0 Å². The molecule has 0 bridgehead atoms. The van der Waals surface area contributed by atoms with Crippen LogP contribution in [0.1, 0.15) is 24.2 Å². The molecule has 0 saturated carbocycles. The largest absolute Gasteiger partial charge is 0.462 e. The molecular weight excluding hydrogens is 294 g/mol. The molecule has 0 radical (unpaired) electrons. The Kier molecular flexibility index (Phi) is 4.63. The molecule has 0 fully saturated rings. The quantitative estimate of drug-likeness (QED) is 0.788. The first kappa shape index (κ1) is 15.1. The molecule has 2 aromatic rings. The predicted molar refractivity (Wildman–Crippen MR) is 77.3 cm³/mol. The Labute approximate surface area is 124 Å². The summed E-state index contributed by atoms with van der Waals surface area (Å²) in [4.78, 5) is 27.4. The number of aromatic nitrogens is 4. The smallest absolute Gasteiger partial charge is 0.343 e. The van der Waals surface area contributed by atoms with Gasteiger partial charge in [0, 0.05) is 12.7 Å². The van der Waals surface area contributed by atoms with E-state index < -0.39 is 5.97 Å². The topological polar surface area (TPSA) is 116 Å². The Morgan fingerprint density at radius 1 is 1.52 bits per heavy atom. The van der Waals surface area contributed by atoms with Crippen LogP contribution in [0.4, 0.5) is 5.69 Å². The standard InChI is InChI=1S/C12H15N5O3S/c1-3-17-11(19)15-16-12(17)21-9-8(13)7(5-6-14-9)10(18)20-4-2/h5-6H,3-4,13H2,1-2H3,(H,15,19). The molecule has 0 spiro atoms. The fourth-order valence-electron chi connectivity index (χ4n) is 1.67. The fourth-order valence-corrected chi connectivity index (χ4v) is 2.59. The summed E-state index contributed by atoms with van der Waals surface area (Å²) >= 11 is 1.11. The molecule has 0 amide bonds. The number of nitrogens with one attached hydrogen (secondary N) is 1. The van der Waals surface area contributed by atoms with E-state index >= 15 is 0 Å². The summed E-state index contributed by atoms with van der Waals surface area (Å²) in [6.45, 7) is 4.27. The van der Waals surface area contributed by atoms with Crippen LogP contribution in [0.15, 0.2) is 27.2 Å². The third kappa shape index (κ3) is 3.07. The number of carbonyl (C=O) groups excluding carboxylic acids is 1. The zero-order chi connectivity index (χ0) is 15.4. The van der Waals surface area contributed by atoms with Crippen molar-refractivity contribution < 1.29 is 9.53 Å². The van der Waals surface area contributed by atoms with E-state index in [0.717, 1.165) is 11.8 Å². The first-order valence-corrected chi connectivity index (χ1v) is 7.14. The Morgan fingerprint density at radius 2 is 2.29 bits per heavy atom. The van der Waals surface area contributed by atoms with Crippen molar-refractivity contribution in [2.45, 2.75) is 30.6 Å². The summed E-state index contributed by atoms with van der Waals surface area (Å²) in [5.41, 5.74) is 6.10. The monoisotopic (exact) mass is 309 g/mol. The van der Waals surface area contributed by atoms with Crippen LogP contribution in [0.3, 0.4) is 0 Å². The summed E-state index contributed by atoms with van der Waals surface area (Å²) in [5.74, 6) is -0.505. The first-order chi connectivity index (χ1) is 10.1. The van der Waals surface area contributed by atoms with Crippen LogP contribution in [0.5, 0.6) is 0 Å². The number of nitrogens with zero attached hydrogens (tertiary/aromatic N) is 3. The van der Waals surface area contributed by atoms with Gasteiger partial charge >= 0.3 is 11.7 Å². The van der Waals surface area contributed by atoms with Gasteiger partial charge in [-0.2, -0.15) is 0 Å². The number of H-pyrrole nitrogens is 1. The lowest BCUT2D eigenvalue weighted by molar-refractivity contribution is 0.0527. The van der Waals surface area contributed by atoms with Crippen molar-refractivity contribution in [2.24, 2.45) is 0 Å². The highest BCUT2D eigenvalue weighted by molar-refractivity contribution is 7.99. The van der Waals surface area contributed by atoms with Crippen LogP contribution in [0.2, 0.25) is 0 Å². The van der Waals surface area contributed by atoms with Crippen molar-refractivity contribution in [3.63, 3.8) is 0 Å². The number of pyridine rings is 1. The van der Waals surface area contributed by atoms with Gasteiger partial charge in [-0.15, -0.1) is 5.10 Å². The Bertz CT molecular complexity index is 709. The maximum Gasteiger partial charge on any atom is 0.343 e. The van der Waals surface area contributed by atoms with Gasteiger partial charge in [-0.25, -0.2) is 19.7 Å². The normalized spacial score (nSPS) is 10.6. The van der Waals surface area contributed by atoms with Gasteiger partial charge in [0.05, 0.1) is 17.9 Å². The van der Waals surface area contributed by atoms with E-state index in [-0.39, 0.29) is 23.5 Å². The van der Waals surface area contributed by atoms with Crippen molar-refractivity contribution in [2.75, 3.05) is 12.3 Å². The van der Waals surface area contributed by atoms with E-state index in [9.17, 15) is 9.59 Å². The third-order valence-electron chi connectivity index (χ3n) is 2.68. The molecule has 0 aliphatic rings. The molecule has 8 nitrogen and oxygen atoms in total. The van der Waals surface area contributed by atoms with Gasteiger partial charge in [-0.3, -0.25) is 4.57 Å². The second kappa shape index (κ2) is 6.44. The fraction of sp³-hybridized carbons (Fsp3) is 0.333. The summed E-state index contributed by atoms with van der Waals surface area (Å²) in [7, 11) is 0. The molecule has 0 saturated heterocycles. The zero-order valence-electron chi connectivity index (χ0n) is 11.6. The SMILES string of the molecule is CCOC(=O)c1ccnc(Sc2n[nH]c(=O)n2CC)c1N. The molecule has 2 heterocycles. The van der Waals surface area contributed by atoms with Gasteiger partial charge in [0.2, 0.25) is 0 Å². The highest BCUT2D eigenvalue weighted by atomic mass is 32.2.